The maximum Gasteiger partial charge on any atom is 0.144 e. The molecule has 0 unspecified atom stereocenters. The fourth-order valence-corrected chi connectivity index (χ4v) is 1.41. The minimum Gasteiger partial charge on any atom is -0.497 e. The molecule has 18 heavy (non-hydrogen) atoms. The molecule has 0 aliphatic rings. The highest BCUT2D eigenvalue weighted by atomic mass is 16.7. The molecule has 0 saturated carbocycles. The molecule has 0 spiro atoms. The van der Waals surface area contributed by atoms with E-state index in [0.717, 1.165) is 11.8 Å². The van der Waals surface area contributed by atoms with Crippen LogP contribution in [-0.2, 0) is 15.2 Å². The molecule has 0 aliphatic carbocycles. The second-order valence-corrected chi connectivity index (χ2v) is 4.09. The smallest absolute Gasteiger partial charge is 0.144 e. The summed E-state index contributed by atoms with van der Waals surface area (Å²) in [6.45, 7) is 3.71. The number of rotatable bonds is 6. The lowest BCUT2D eigenvalue weighted by Crippen LogP contribution is -2.27. The van der Waals surface area contributed by atoms with Crippen LogP contribution >= 0.6 is 0 Å². The van der Waals surface area contributed by atoms with E-state index in [1.54, 1.807) is 26.2 Å². The van der Waals surface area contributed by atoms with Gasteiger partial charge in [0.25, 0.3) is 0 Å². The molecule has 0 fully saturated rings. The van der Waals surface area contributed by atoms with Crippen molar-refractivity contribution >= 4 is 5.94 Å². The third-order valence-electron chi connectivity index (χ3n) is 2.48. The van der Waals surface area contributed by atoms with E-state index in [4.69, 9.17) is 14.3 Å². The summed E-state index contributed by atoms with van der Waals surface area (Å²) in [6, 6.07) is 5.46. The highest BCUT2D eigenvalue weighted by Crippen LogP contribution is 2.31. The minimum absolute atomic E-state index is 0.658. The van der Waals surface area contributed by atoms with Crippen LogP contribution in [0.4, 0.5) is 0 Å². The van der Waals surface area contributed by atoms with Gasteiger partial charge in [-0.25, -0.2) is 4.79 Å². The van der Waals surface area contributed by atoms with Crippen LogP contribution in [0, 0.1) is 0 Å². The fourth-order valence-electron chi connectivity index (χ4n) is 1.41. The van der Waals surface area contributed by atoms with Crippen molar-refractivity contribution in [2.24, 2.45) is 0 Å². The quantitative estimate of drug-likeness (QED) is 0.617. The normalized spacial score (nSPS) is 10.4. The molecular formula is C13H17NO4. The maximum absolute atomic E-state index is 10.1. The third kappa shape index (κ3) is 3.52. The number of hydroxylamine groups is 1. The first-order valence-corrected chi connectivity index (χ1v) is 5.40. The molecule has 0 bridgehead atoms. The van der Waals surface area contributed by atoms with Crippen LogP contribution in [0.25, 0.3) is 0 Å². The Balaban J connectivity index is 3.01. The summed E-state index contributed by atoms with van der Waals surface area (Å²) in [5.74, 6) is 2.92. The highest BCUT2D eigenvalue weighted by Gasteiger charge is 2.23. The van der Waals surface area contributed by atoms with Gasteiger partial charge in [-0.3, -0.25) is 10.3 Å². The van der Waals surface area contributed by atoms with Gasteiger partial charge >= 0.3 is 0 Å². The number of ether oxygens (including phenoxy) is 2. The number of nitrogens with one attached hydrogen (secondary N) is 1. The van der Waals surface area contributed by atoms with E-state index in [1.165, 1.54) is 0 Å². The van der Waals surface area contributed by atoms with Crippen molar-refractivity contribution in [3.05, 3.63) is 30.0 Å². The van der Waals surface area contributed by atoms with E-state index >= 15 is 0 Å². The van der Waals surface area contributed by atoms with Crippen molar-refractivity contribution in [1.29, 1.82) is 0 Å². The van der Waals surface area contributed by atoms with E-state index in [9.17, 15) is 4.79 Å². The summed E-state index contributed by atoms with van der Waals surface area (Å²) >= 11 is 0. The molecule has 0 heterocycles. The van der Waals surface area contributed by atoms with Crippen LogP contribution < -0.4 is 15.0 Å². The highest BCUT2D eigenvalue weighted by molar-refractivity contribution is 5.43. The Labute approximate surface area is 106 Å². The Hall–Kier alpha value is -1.97. The molecule has 0 saturated heterocycles. The summed E-state index contributed by atoms with van der Waals surface area (Å²) in [6.07, 6.45) is 1.05. The first-order chi connectivity index (χ1) is 8.53. The zero-order chi connectivity index (χ0) is 13.6. The number of hydrogen-bond donors (Lipinski definition) is 1. The molecule has 0 atom stereocenters. The van der Waals surface area contributed by atoms with E-state index in [-0.39, 0.29) is 0 Å². The van der Waals surface area contributed by atoms with E-state index in [0.29, 0.717) is 11.5 Å². The molecule has 1 aromatic carbocycles. The summed E-state index contributed by atoms with van der Waals surface area (Å²) in [7, 11) is 3.17. The molecule has 1 N–H and O–H groups in total. The second kappa shape index (κ2) is 6.10. The van der Waals surface area contributed by atoms with Crippen LogP contribution in [-0.4, -0.2) is 20.2 Å². The number of carbonyl (C=O) groups excluding carboxylic acids is 1. The molecule has 0 amide bonds. The monoisotopic (exact) mass is 251 g/mol. The van der Waals surface area contributed by atoms with Gasteiger partial charge in [0.15, 0.2) is 0 Å². The van der Waals surface area contributed by atoms with Gasteiger partial charge in [-0.2, -0.15) is 0 Å². The number of benzene rings is 1. The SMILES string of the molecule is COc1cc(OC)cc(C(C)(C)ONC=C=O)c1. The second-order valence-electron chi connectivity index (χ2n) is 4.09. The van der Waals surface area contributed by atoms with Gasteiger partial charge in [0.1, 0.15) is 29.2 Å². The number of methoxy groups -OCH3 is 2. The predicted molar refractivity (Wildman–Crippen MR) is 67.1 cm³/mol. The fraction of sp³-hybridized carbons (Fsp3) is 0.385. The lowest BCUT2D eigenvalue weighted by molar-refractivity contribution is -0.0695. The van der Waals surface area contributed by atoms with Crippen molar-refractivity contribution in [2.75, 3.05) is 14.2 Å². The standard InChI is InChI=1S/C13H17NO4/c1-13(2,18-14-5-6-15)10-7-11(16-3)9-12(8-10)17-4/h5,7-9,14H,1-4H3. The first kappa shape index (κ1) is 14.1. The molecule has 1 rings (SSSR count). The van der Waals surface area contributed by atoms with E-state index in [1.807, 2.05) is 26.0 Å². The van der Waals surface area contributed by atoms with Crippen molar-refractivity contribution in [3.63, 3.8) is 0 Å². The van der Waals surface area contributed by atoms with Crippen molar-refractivity contribution < 1.29 is 19.1 Å². The Kier molecular flexibility index (Phi) is 4.77. The van der Waals surface area contributed by atoms with Gasteiger partial charge in [-0.15, -0.1) is 0 Å². The average Bonchev–Trinajstić information content (AvgIpc) is 2.38. The minimum atomic E-state index is -0.658. The van der Waals surface area contributed by atoms with Crippen LogP contribution in [0.15, 0.2) is 24.4 Å². The molecular weight excluding hydrogens is 234 g/mol. The van der Waals surface area contributed by atoms with Crippen LogP contribution in [0.1, 0.15) is 19.4 Å². The van der Waals surface area contributed by atoms with Crippen molar-refractivity contribution in [1.82, 2.24) is 5.48 Å². The number of hydrogen-bond acceptors (Lipinski definition) is 5. The molecule has 0 aromatic heterocycles. The average molecular weight is 251 g/mol. The molecule has 0 aliphatic heterocycles. The van der Waals surface area contributed by atoms with Gasteiger partial charge in [0.2, 0.25) is 0 Å². The van der Waals surface area contributed by atoms with Crippen LogP contribution in [0.5, 0.6) is 11.5 Å². The molecule has 5 nitrogen and oxygen atoms in total. The molecule has 0 radical (unpaired) electrons. The van der Waals surface area contributed by atoms with Gasteiger partial charge in [0, 0.05) is 6.07 Å². The van der Waals surface area contributed by atoms with E-state index in [2.05, 4.69) is 5.48 Å². The Morgan fingerprint density at radius 3 is 2.17 bits per heavy atom. The van der Waals surface area contributed by atoms with Gasteiger partial charge in [0.05, 0.1) is 14.2 Å². The van der Waals surface area contributed by atoms with E-state index < -0.39 is 5.60 Å². The topological polar surface area (TPSA) is 56.8 Å². The predicted octanol–water partition coefficient (Wildman–Crippen LogP) is 1.81. The zero-order valence-corrected chi connectivity index (χ0v) is 10.9. The largest absolute Gasteiger partial charge is 0.497 e. The van der Waals surface area contributed by atoms with Crippen LogP contribution in [0.3, 0.4) is 0 Å². The molecule has 1 aromatic rings. The summed E-state index contributed by atoms with van der Waals surface area (Å²) in [5, 5.41) is 0. The van der Waals surface area contributed by atoms with Crippen molar-refractivity contribution in [2.45, 2.75) is 19.4 Å². The maximum atomic E-state index is 10.1. The van der Waals surface area contributed by atoms with Crippen molar-refractivity contribution in [3.8, 4) is 11.5 Å². The Bertz CT molecular complexity index is 428. The lowest BCUT2D eigenvalue weighted by Gasteiger charge is -2.25. The first-order valence-electron chi connectivity index (χ1n) is 5.40. The lowest BCUT2D eigenvalue weighted by atomic mass is 9.98. The summed E-state index contributed by atoms with van der Waals surface area (Å²) in [5.41, 5.74) is 2.61. The van der Waals surface area contributed by atoms with Crippen LogP contribution in [0.2, 0.25) is 0 Å². The Morgan fingerprint density at radius 1 is 1.17 bits per heavy atom. The van der Waals surface area contributed by atoms with Gasteiger partial charge in [-0.1, -0.05) is 0 Å². The Morgan fingerprint density at radius 2 is 1.72 bits per heavy atom. The molecule has 5 heteroatoms. The summed E-state index contributed by atoms with van der Waals surface area (Å²) in [4.78, 5) is 15.4. The summed E-state index contributed by atoms with van der Waals surface area (Å²) < 4.78 is 10.4. The molecule has 98 valence electrons. The van der Waals surface area contributed by atoms with Gasteiger partial charge < -0.3 is 9.47 Å². The van der Waals surface area contributed by atoms with Gasteiger partial charge in [-0.05, 0) is 31.5 Å². The third-order valence-corrected chi connectivity index (χ3v) is 2.48. The zero-order valence-electron chi connectivity index (χ0n) is 10.9.